The Labute approximate surface area is 294 Å². The van der Waals surface area contributed by atoms with Gasteiger partial charge in [-0.3, -0.25) is 29.6 Å². The van der Waals surface area contributed by atoms with Crippen LogP contribution in [0.15, 0.2) is 76.9 Å². The predicted octanol–water partition coefficient (Wildman–Crippen LogP) is 6.33. The molecule has 51 heavy (non-hydrogen) atoms. The number of hydrogen-bond donors (Lipinski definition) is 2. The van der Waals surface area contributed by atoms with E-state index in [4.69, 9.17) is 0 Å². The maximum atomic E-state index is 14.0. The Hall–Kier alpha value is -5.10. The fourth-order valence-electron chi connectivity index (χ4n) is 7.48. The average Bonchev–Trinajstić information content (AvgIpc) is 3.81. The highest BCUT2D eigenvalue weighted by Gasteiger charge is 2.47. The maximum absolute atomic E-state index is 14.0. The van der Waals surface area contributed by atoms with Crippen LogP contribution in [0.1, 0.15) is 61.3 Å². The second-order valence-corrected chi connectivity index (χ2v) is 14.1. The number of amides is 2. The molecule has 10 nitrogen and oxygen atoms in total. The summed E-state index contributed by atoms with van der Waals surface area (Å²) < 4.78 is 28.0. The molecule has 2 amide bonds. The first kappa shape index (κ1) is 33.1. The van der Waals surface area contributed by atoms with Crippen molar-refractivity contribution >= 4 is 46.0 Å². The highest BCUT2D eigenvalue weighted by atomic mass is 19.3. The van der Waals surface area contributed by atoms with Gasteiger partial charge >= 0.3 is 0 Å². The Morgan fingerprint density at radius 1 is 1.02 bits per heavy atom. The SMILES string of the molecule is O=C(CN1CC[C@@](CC(F)F)(C(=O)Nc2ccc3[nH]nc(-c4ccnc(C5CC5)c4)c3c2)C1)N1CC=C(c2ccc(C3=NCCC=N3)cc2)CC1. The quantitative estimate of drug-likeness (QED) is 0.202. The molecule has 2 aromatic heterocycles. The Kier molecular flexibility index (Phi) is 9.01. The zero-order valence-electron chi connectivity index (χ0n) is 28.3. The molecule has 0 bridgehead atoms. The van der Waals surface area contributed by atoms with Gasteiger partial charge < -0.3 is 10.2 Å². The van der Waals surface area contributed by atoms with E-state index < -0.39 is 24.2 Å². The van der Waals surface area contributed by atoms with E-state index in [-0.39, 0.29) is 25.4 Å². The highest BCUT2D eigenvalue weighted by molar-refractivity contribution is 6.04. The van der Waals surface area contributed by atoms with E-state index in [1.54, 1.807) is 17.2 Å². The van der Waals surface area contributed by atoms with E-state index in [0.717, 1.165) is 70.6 Å². The number of likely N-dealkylation sites (tertiary alicyclic amines) is 1. The van der Waals surface area contributed by atoms with Gasteiger partial charge in [-0.2, -0.15) is 5.10 Å². The number of pyridine rings is 1. The van der Waals surface area contributed by atoms with Crippen LogP contribution < -0.4 is 5.32 Å². The van der Waals surface area contributed by atoms with Crippen LogP contribution in [0.3, 0.4) is 0 Å². The Balaban J connectivity index is 0.909. The standard InChI is InChI=1S/C39H40F2N8O2/c40-34(41)22-39(38(51)45-30-8-9-32-31(21-30)36(47-46-32)29-10-16-42-33(20-29)27-4-5-27)13-19-48(24-39)23-35(50)49-17-11-26(12-18-49)25-2-6-28(7-3-25)37-43-14-1-15-44-37/h2-3,6-11,14,16,20-21,27,34H,1,4-5,12-13,15,17-19,22-24H2,(H,45,51)(H,46,47)/t39-/m0/s1. The first-order valence-electron chi connectivity index (χ1n) is 17.7. The normalized spacial score (nSPS) is 20.9. The van der Waals surface area contributed by atoms with Crippen LogP contribution in [0.4, 0.5) is 14.5 Å². The van der Waals surface area contributed by atoms with Crippen molar-refractivity contribution in [1.82, 2.24) is 25.0 Å². The van der Waals surface area contributed by atoms with Gasteiger partial charge in [0.15, 0.2) is 5.84 Å². The van der Waals surface area contributed by atoms with Crippen molar-refractivity contribution in [3.63, 3.8) is 0 Å². The van der Waals surface area contributed by atoms with Gasteiger partial charge in [0.2, 0.25) is 18.2 Å². The Morgan fingerprint density at radius 3 is 2.61 bits per heavy atom. The van der Waals surface area contributed by atoms with Crippen LogP contribution in [-0.2, 0) is 9.59 Å². The van der Waals surface area contributed by atoms with Crippen LogP contribution >= 0.6 is 0 Å². The lowest BCUT2D eigenvalue weighted by Crippen LogP contribution is -2.44. The minimum absolute atomic E-state index is 0.0685. The van der Waals surface area contributed by atoms with Crippen molar-refractivity contribution in [3.05, 3.63) is 83.7 Å². The van der Waals surface area contributed by atoms with Gasteiger partial charge in [-0.25, -0.2) is 13.8 Å². The molecule has 262 valence electrons. The van der Waals surface area contributed by atoms with Crippen molar-refractivity contribution in [2.45, 2.75) is 50.9 Å². The number of carbonyl (C=O) groups is 2. The van der Waals surface area contributed by atoms with Crippen molar-refractivity contribution < 1.29 is 18.4 Å². The van der Waals surface area contributed by atoms with Crippen LogP contribution in [-0.4, -0.2) is 94.5 Å². The number of aromatic nitrogens is 3. The molecule has 3 aliphatic heterocycles. The van der Waals surface area contributed by atoms with E-state index in [9.17, 15) is 18.4 Å². The Bertz CT molecular complexity index is 2050. The number of fused-ring (bicyclic) bond motifs is 1. The van der Waals surface area contributed by atoms with E-state index in [1.165, 1.54) is 5.57 Å². The zero-order valence-corrected chi connectivity index (χ0v) is 28.3. The molecule has 2 N–H and O–H groups in total. The molecule has 0 radical (unpaired) electrons. The number of nitrogens with zero attached hydrogens (tertiary/aromatic N) is 6. The largest absolute Gasteiger partial charge is 0.338 e. The fourth-order valence-corrected chi connectivity index (χ4v) is 7.48. The summed E-state index contributed by atoms with van der Waals surface area (Å²) in [6.45, 7) is 2.36. The average molecular weight is 691 g/mol. The number of aromatic amines is 1. The van der Waals surface area contributed by atoms with Crippen LogP contribution in [0.25, 0.3) is 27.7 Å². The molecule has 12 heteroatoms. The van der Waals surface area contributed by atoms with Gasteiger partial charge in [0.05, 0.1) is 17.5 Å². The third-order valence-corrected chi connectivity index (χ3v) is 10.5. The third kappa shape index (κ3) is 7.10. The summed E-state index contributed by atoms with van der Waals surface area (Å²) in [5.74, 6) is 0.725. The van der Waals surface area contributed by atoms with Crippen LogP contribution in [0.5, 0.6) is 0 Å². The number of benzene rings is 2. The number of nitrogens with one attached hydrogen (secondary N) is 2. The summed E-state index contributed by atoms with van der Waals surface area (Å²) >= 11 is 0. The van der Waals surface area contributed by atoms with E-state index in [0.29, 0.717) is 37.7 Å². The molecule has 1 atom stereocenters. The molecule has 4 aromatic rings. The smallest absolute Gasteiger partial charge is 0.239 e. The van der Waals surface area contributed by atoms with Crippen LogP contribution in [0.2, 0.25) is 0 Å². The molecule has 4 aliphatic rings. The lowest BCUT2D eigenvalue weighted by molar-refractivity contribution is -0.133. The zero-order chi connectivity index (χ0) is 35.0. The highest BCUT2D eigenvalue weighted by Crippen LogP contribution is 2.41. The molecule has 8 rings (SSSR count). The molecule has 1 saturated heterocycles. The molecule has 1 aliphatic carbocycles. The molecular formula is C39H40F2N8O2. The first-order chi connectivity index (χ1) is 24.8. The second-order valence-electron chi connectivity index (χ2n) is 14.1. The molecule has 1 saturated carbocycles. The molecule has 2 fully saturated rings. The van der Waals surface area contributed by atoms with Gasteiger partial charge in [-0.1, -0.05) is 30.3 Å². The number of alkyl halides is 2. The number of aliphatic imine (C=N–C) groups is 2. The number of hydrogen-bond acceptors (Lipinski definition) is 7. The summed E-state index contributed by atoms with van der Waals surface area (Å²) in [6, 6.07) is 17.6. The summed E-state index contributed by atoms with van der Waals surface area (Å²) in [5.41, 5.74) is 6.00. The molecule has 0 unspecified atom stereocenters. The lowest BCUT2D eigenvalue weighted by atomic mass is 9.82. The van der Waals surface area contributed by atoms with Gasteiger partial charge in [0, 0.05) is 85.2 Å². The summed E-state index contributed by atoms with van der Waals surface area (Å²) in [5, 5.41) is 11.4. The van der Waals surface area contributed by atoms with Gasteiger partial charge in [-0.05, 0) is 73.7 Å². The lowest BCUT2D eigenvalue weighted by Gasteiger charge is -2.30. The number of anilines is 1. The van der Waals surface area contributed by atoms with E-state index >= 15 is 0 Å². The number of rotatable bonds is 10. The van der Waals surface area contributed by atoms with Crippen molar-refractivity contribution in [1.29, 1.82) is 0 Å². The molecular weight excluding hydrogens is 650 g/mol. The number of carbonyl (C=O) groups excluding carboxylic acids is 2. The monoisotopic (exact) mass is 690 g/mol. The van der Waals surface area contributed by atoms with Gasteiger partial charge in [0.25, 0.3) is 0 Å². The minimum atomic E-state index is -2.66. The van der Waals surface area contributed by atoms with Crippen molar-refractivity contribution in [3.8, 4) is 11.3 Å². The maximum Gasteiger partial charge on any atom is 0.239 e. The third-order valence-electron chi connectivity index (χ3n) is 10.5. The summed E-state index contributed by atoms with van der Waals surface area (Å²) in [4.78, 5) is 44.2. The first-order valence-corrected chi connectivity index (χ1v) is 17.7. The number of halogens is 2. The number of amidine groups is 1. The van der Waals surface area contributed by atoms with Crippen molar-refractivity contribution in [2.24, 2.45) is 15.4 Å². The van der Waals surface area contributed by atoms with Gasteiger partial charge in [0.1, 0.15) is 5.69 Å². The molecule has 2 aromatic carbocycles. The molecule has 5 heterocycles. The molecule has 0 spiro atoms. The second kappa shape index (κ2) is 13.9. The van der Waals surface area contributed by atoms with E-state index in [1.807, 2.05) is 41.4 Å². The fraction of sp³-hybridized carbons (Fsp3) is 0.385. The van der Waals surface area contributed by atoms with E-state index in [2.05, 4.69) is 54.8 Å². The summed E-state index contributed by atoms with van der Waals surface area (Å²) in [6.07, 6.45) is 6.64. The summed E-state index contributed by atoms with van der Waals surface area (Å²) in [7, 11) is 0. The predicted molar refractivity (Wildman–Crippen MR) is 194 cm³/mol. The van der Waals surface area contributed by atoms with Gasteiger partial charge in [-0.15, -0.1) is 0 Å². The van der Waals surface area contributed by atoms with Crippen LogP contribution in [0, 0.1) is 5.41 Å². The van der Waals surface area contributed by atoms with Crippen molar-refractivity contribution in [2.75, 3.05) is 44.6 Å². The number of H-pyrrole nitrogens is 1. The Morgan fingerprint density at radius 2 is 1.86 bits per heavy atom. The minimum Gasteiger partial charge on any atom is -0.338 e. The topological polar surface area (TPSA) is 119 Å².